The van der Waals surface area contributed by atoms with Gasteiger partial charge in [-0.1, -0.05) is 0 Å². The Kier molecular flexibility index (Phi) is 4.78. The highest BCUT2D eigenvalue weighted by atomic mass is 32.2. The van der Waals surface area contributed by atoms with Gasteiger partial charge in [0.05, 0.1) is 5.69 Å². The lowest BCUT2D eigenvalue weighted by Gasteiger charge is -2.32. The number of benzene rings is 1. The molecule has 1 fully saturated rings. The minimum absolute atomic E-state index is 0.0116. The average Bonchev–Trinajstić information content (AvgIpc) is 3.10. The van der Waals surface area contributed by atoms with Crippen molar-refractivity contribution in [2.24, 2.45) is 0 Å². The second kappa shape index (κ2) is 6.83. The Morgan fingerprint density at radius 2 is 1.83 bits per heavy atom. The normalized spacial score (nSPS) is 17.3. The van der Waals surface area contributed by atoms with Crippen molar-refractivity contribution in [3.05, 3.63) is 30.6 Å². The highest BCUT2D eigenvalue weighted by molar-refractivity contribution is 7.86. The Balaban J connectivity index is 1.57. The molecule has 0 radical (unpaired) electrons. The van der Waals surface area contributed by atoms with Crippen LogP contribution in [0.1, 0.15) is 12.8 Å². The smallest absolute Gasteiger partial charge is 0.281 e. The monoisotopic (exact) mass is 352 g/mol. The van der Waals surface area contributed by atoms with Crippen LogP contribution < -0.4 is 4.74 Å². The van der Waals surface area contributed by atoms with Gasteiger partial charge in [-0.15, -0.1) is 5.10 Å². The van der Waals surface area contributed by atoms with Gasteiger partial charge in [0.25, 0.3) is 10.2 Å². The maximum Gasteiger partial charge on any atom is 0.281 e. The van der Waals surface area contributed by atoms with Crippen molar-refractivity contribution in [1.29, 1.82) is 0 Å². The summed E-state index contributed by atoms with van der Waals surface area (Å²) < 4.78 is 34.4. The maximum atomic E-state index is 12.1. The average molecular weight is 352 g/mol. The lowest BCUT2D eigenvalue weighted by molar-refractivity contribution is 0.133. The second-order valence-corrected chi connectivity index (χ2v) is 7.90. The lowest BCUT2D eigenvalue weighted by Crippen LogP contribution is -2.46. The first kappa shape index (κ1) is 16.8. The number of piperidine rings is 1. The zero-order valence-electron chi connectivity index (χ0n) is 13.6. The van der Waals surface area contributed by atoms with Crippen molar-refractivity contribution in [3.63, 3.8) is 0 Å². The van der Waals surface area contributed by atoms with Gasteiger partial charge in [0, 0.05) is 27.2 Å². The first-order valence-corrected chi connectivity index (χ1v) is 9.04. The third kappa shape index (κ3) is 3.55. The molecule has 130 valence electrons. The number of ether oxygens (including phenoxy) is 1. The molecule has 3 rings (SSSR count). The zero-order chi connectivity index (χ0) is 17.2. The first-order valence-electron chi connectivity index (χ1n) is 7.64. The molecule has 0 saturated carbocycles. The Bertz CT molecular complexity index is 752. The van der Waals surface area contributed by atoms with Gasteiger partial charge in [-0.25, -0.2) is 4.68 Å². The predicted octanol–water partition coefficient (Wildman–Crippen LogP) is 0.312. The van der Waals surface area contributed by atoms with E-state index in [1.165, 1.54) is 14.9 Å². The van der Waals surface area contributed by atoms with Crippen LogP contribution in [0.4, 0.5) is 0 Å². The SMILES string of the molecule is CN(C)S(=O)(=O)N1CCC(Oc2ccc(-n3cnnn3)cc2)CC1. The lowest BCUT2D eigenvalue weighted by atomic mass is 10.1. The molecule has 2 heterocycles. The molecule has 0 atom stereocenters. The van der Waals surface area contributed by atoms with E-state index in [2.05, 4.69) is 15.5 Å². The first-order chi connectivity index (χ1) is 11.5. The van der Waals surface area contributed by atoms with Crippen molar-refractivity contribution >= 4 is 10.2 Å². The largest absolute Gasteiger partial charge is 0.490 e. The summed E-state index contributed by atoms with van der Waals surface area (Å²) in [7, 11) is -0.246. The van der Waals surface area contributed by atoms with Crippen LogP contribution in [0, 0.1) is 0 Å². The molecule has 10 heteroatoms. The molecule has 9 nitrogen and oxygen atoms in total. The fourth-order valence-electron chi connectivity index (χ4n) is 2.56. The molecule has 0 amide bonds. The van der Waals surface area contributed by atoms with Crippen LogP contribution >= 0.6 is 0 Å². The molecule has 1 aromatic carbocycles. The van der Waals surface area contributed by atoms with Gasteiger partial charge in [-0.2, -0.15) is 17.0 Å². The minimum Gasteiger partial charge on any atom is -0.490 e. The van der Waals surface area contributed by atoms with Gasteiger partial charge in [-0.05, 0) is 47.5 Å². The molecule has 1 aliphatic rings. The number of tetrazole rings is 1. The third-order valence-electron chi connectivity index (χ3n) is 3.94. The van der Waals surface area contributed by atoms with Crippen LogP contribution in [0.3, 0.4) is 0 Å². The summed E-state index contributed by atoms with van der Waals surface area (Å²) >= 11 is 0. The molecule has 0 aliphatic carbocycles. The Labute approximate surface area is 141 Å². The Morgan fingerprint density at radius 3 is 2.38 bits per heavy atom. The van der Waals surface area contributed by atoms with E-state index in [0.717, 1.165) is 11.4 Å². The predicted molar refractivity (Wildman–Crippen MR) is 87.0 cm³/mol. The summed E-state index contributed by atoms with van der Waals surface area (Å²) in [4.78, 5) is 0. The Morgan fingerprint density at radius 1 is 1.17 bits per heavy atom. The molecule has 1 saturated heterocycles. The van der Waals surface area contributed by atoms with Crippen molar-refractivity contribution in [2.75, 3.05) is 27.2 Å². The fraction of sp³-hybridized carbons (Fsp3) is 0.500. The van der Waals surface area contributed by atoms with Gasteiger partial charge in [-0.3, -0.25) is 0 Å². The van der Waals surface area contributed by atoms with E-state index in [1.807, 2.05) is 24.3 Å². The van der Waals surface area contributed by atoms with Crippen LogP contribution in [-0.2, 0) is 10.2 Å². The summed E-state index contributed by atoms with van der Waals surface area (Å²) in [5.41, 5.74) is 0.847. The van der Waals surface area contributed by atoms with E-state index in [4.69, 9.17) is 4.74 Å². The highest BCUT2D eigenvalue weighted by Crippen LogP contribution is 2.22. The number of nitrogens with zero attached hydrogens (tertiary/aromatic N) is 6. The van der Waals surface area contributed by atoms with Gasteiger partial charge in [0.1, 0.15) is 18.2 Å². The van der Waals surface area contributed by atoms with Crippen LogP contribution in [0.25, 0.3) is 5.69 Å². The zero-order valence-corrected chi connectivity index (χ0v) is 14.4. The van der Waals surface area contributed by atoms with Crippen molar-refractivity contribution < 1.29 is 13.2 Å². The number of hydrogen-bond acceptors (Lipinski definition) is 6. The molecule has 2 aromatic rings. The van der Waals surface area contributed by atoms with Crippen LogP contribution in [0.2, 0.25) is 0 Å². The van der Waals surface area contributed by atoms with Crippen LogP contribution in [0.15, 0.2) is 30.6 Å². The van der Waals surface area contributed by atoms with Gasteiger partial charge < -0.3 is 4.74 Å². The molecule has 1 aliphatic heterocycles. The standard InChI is InChI=1S/C14H20N6O3S/c1-18(2)24(21,22)19-9-7-14(8-10-19)23-13-5-3-12(4-6-13)20-11-15-16-17-20/h3-6,11,14H,7-10H2,1-2H3. The number of hydrogen-bond donors (Lipinski definition) is 0. The van der Waals surface area contributed by atoms with E-state index in [1.54, 1.807) is 18.8 Å². The molecule has 0 bridgehead atoms. The van der Waals surface area contributed by atoms with Gasteiger partial charge >= 0.3 is 0 Å². The Hall–Kier alpha value is -2.04. The third-order valence-corrected chi connectivity index (χ3v) is 5.88. The summed E-state index contributed by atoms with van der Waals surface area (Å²) in [6, 6.07) is 7.47. The molecular weight excluding hydrogens is 332 g/mol. The van der Waals surface area contributed by atoms with E-state index < -0.39 is 10.2 Å². The van der Waals surface area contributed by atoms with Gasteiger partial charge in [0.15, 0.2) is 0 Å². The van der Waals surface area contributed by atoms with E-state index in [-0.39, 0.29) is 6.10 Å². The molecule has 0 spiro atoms. The summed E-state index contributed by atoms with van der Waals surface area (Å²) in [5, 5.41) is 11.0. The highest BCUT2D eigenvalue weighted by Gasteiger charge is 2.30. The van der Waals surface area contributed by atoms with Crippen molar-refractivity contribution in [3.8, 4) is 11.4 Å². The second-order valence-electron chi connectivity index (χ2n) is 5.75. The molecule has 1 aromatic heterocycles. The quantitative estimate of drug-likeness (QED) is 0.769. The summed E-state index contributed by atoms with van der Waals surface area (Å²) in [6.07, 6.45) is 2.87. The molecule has 0 unspecified atom stereocenters. The minimum atomic E-state index is -3.34. The number of rotatable bonds is 5. The van der Waals surface area contributed by atoms with Crippen molar-refractivity contribution in [1.82, 2.24) is 28.8 Å². The van der Waals surface area contributed by atoms with Crippen LogP contribution in [-0.4, -0.2) is 70.5 Å². The summed E-state index contributed by atoms with van der Waals surface area (Å²) in [6.45, 7) is 0.932. The van der Waals surface area contributed by atoms with E-state index in [0.29, 0.717) is 25.9 Å². The molecular formula is C14H20N6O3S. The molecule has 24 heavy (non-hydrogen) atoms. The molecule has 0 N–H and O–H groups in total. The van der Waals surface area contributed by atoms with Gasteiger partial charge in [0.2, 0.25) is 0 Å². The topological polar surface area (TPSA) is 93.5 Å². The summed E-state index contributed by atoms with van der Waals surface area (Å²) in [5.74, 6) is 0.751. The van der Waals surface area contributed by atoms with E-state index >= 15 is 0 Å². The van der Waals surface area contributed by atoms with Crippen LogP contribution in [0.5, 0.6) is 5.75 Å². The number of aromatic nitrogens is 4. The van der Waals surface area contributed by atoms with E-state index in [9.17, 15) is 8.42 Å². The maximum absolute atomic E-state index is 12.1. The fourth-order valence-corrected chi connectivity index (χ4v) is 3.70. The van der Waals surface area contributed by atoms with Crippen molar-refractivity contribution in [2.45, 2.75) is 18.9 Å².